The van der Waals surface area contributed by atoms with Gasteiger partial charge in [0.1, 0.15) is 5.75 Å². The van der Waals surface area contributed by atoms with Gasteiger partial charge in [-0.15, -0.1) is 0 Å². The predicted octanol–water partition coefficient (Wildman–Crippen LogP) is 2.48. The zero-order valence-electron chi connectivity index (χ0n) is 11.6. The van der Waals surface area contributed by atoms with E-state index in [0.717, 1.165) is 37.7 Å². The smallest absolute Gasteiger partial charge is 0.118 e. The maximum atomic E-state index is 6.03. The minimum Gasteiger partial charge on any atom is -0.497 e. The first kappa shape index (κ1) is 12.9. The fraction of sp³-hybridized carbons (Fsp3) is 0.625. The van der Waals surface area contributed by atoms with Crippen LogP contribution in [-0.2, 0) is 10.2 Å². The number of benzene rings is 1. The highest BCUT2D eigenvalue weighted by Gasteiger charge is 2.47. The topological polar surface area (TPSA) is 44.5 Å². The summed E-state index contributed by atoms with van der Waals surface area (Å²) in [5, 5.41) is 0. The van der Waals surface area contributed by atoms with Crippen LogP contribution in [0.3, 0.4) is 0 Å². The first-order valence-corrected chi connectivity index (χ1v) is 7.22. The lowest BCUT2D eigenvalue weighted by atomic mass is 9.63. The molecular formula is C16H23NO2. The van der Waals surface area contributed by atoms with Crippen LogP contribution in [0.1, 0.15) is 31.2 Å². The van der Waals surface area contributed by atoms with E-state index in [2.05, 4.69) is 24.3 Å². The third kappa shape index (κ3) is 2.26. The van der Waals surface area contributed by atoms with Crippen LogP contribution in [0.4, 0.5) is 0 Å². The molecule has 1 aliphatic carbocycles. The van der Waals surface area contributed by atoms with Crippen molar-refractivity contribution in [1.82, 2.24) is 0 Å². The third-order valence-electron chi connectivity index (χ3n) is 4.94. The summed E-state index contributed by atoms with van der Waals surface area (Å²) < 4.78 is 10.8. The van der Waals surface area contributed by atoms with E-state index in [4.69, 9.17) is 15.2 Å². The van der Waals surface area contributed by atoms with Crippen LogP contribution >= 0.6 is 0 Å². The molecule has 1 saturated heterocycles. The number of hydrogen-bond donors (Lipinski definition) is 1. The Bertz CT molecular complexity index is 417. The Balaban J connectivity index is 1.81. The van der Waals surface area contributed by atoms with Crippen LogP contribution in [-0.4, -0.2) is 26.4 Å². The molecule has 104 valence electrons. The molecule has 0 aromatic heterocycles. The van der Waals surface area contributed by atoms with Crippen LogP contribution in [0, 0.1) is 5.92 Å². The van der Waals surface area contributed by atoms with Crippen molar-refractivity contribution in [2.24, 2.45) is 11.7 Å². The van der Waals surface area contributed by atoms with Gasteiger partial charge in [0.25, 0.3) is 0 Å². The van der Waals surface area contributed by atoms with Crippen molar-refractivity contribution in [2.75, 3.05) is 20.3 Å². The number of ether oxygens (including phenoxy) is 2. The Kier molecular flexibility index (Phi) is 3.50. The third-order valence-corrected chi connectivity index (χ3v) is 4.94. The number of nitrogens with two attached hydrogens (primary N) is 1. The quantitative estimate of drug-likeness (QED) is 0.909. The van der Waals surface area contributed by atoms with Crippen molar-refractivity contribution in [1.29, 1.82) is 0 Å². The second-order valence-electron chi connectivity index (χ2n) is 5.99. The maximum Gasteiger partial charge on any atom is 0.118 e. The highest BCUT2D eigenvalue weighted by Crippen LogP contribution is 2.46. The second-order valence-corrected chi connectivity index (χ2v) is 5.99. The maximum absolute atomic E-state index is 6.03. The standard InChI is InChI=1S/C16H23NO2/c1-18-15-8-4-13(5-9-15)16(10-19-11-16)12-2-6-14(17)7-3-12/h4-5,8-9,12,14H,2-3,6-7,10-11,17H2,1H3. The van der Waals surface area contributed by atoms with Gasteiger partial charge in [0.2, 0.25) is 0 Å². The molecule has 0 unspecified atom stereocenters. The lowest BCUT2D eigenvalue weighted by molar-refractivity contribution is -0.0984. The molecule has 1 aromatic rings. The average Bonchev–Trinajstić information content (AvgIpc) is 2.40. The Labute approximate surface area is 115 Å². The molecule has 2 N–H and O–H groups in total. The first-order chi connectivity index (χ1) is 9.24. The van der Waals surface area contributed by atoms with E-state index in [-0.39, 0.29) is 5.41 Å². The van der Waals surface area contributed by atoms with E-state index >= 15 is 0 Å². The number of hydrogen-bond acceptors (Lipinski definition) is 3. The Morgan fingerprint density at radius 2 is 1.74 bits per heavy atom. The molecule has 19 heavy (non-hydrogen) atoms. The molecule has 3 rings (SSSR count). The fourth-order valence-corrected chi connectivity index (χ4v) is 3.55. The Hall–Kier alpha value is -1.06. The van der Waals surface area contributed by atoms with Gasteiger partial charge in [-0.2, -0.15) is 0 Å². The van der Waals surface area contributed by atoms with Gasteiger partial charge in [-0.05, 0) is 49.3 Å². The second kappa shape index (κ2) is 5.14. The van der Waals surface area contributed by atoms with E-state index in [9.17, 15) is 0 Å². The summed E-state index contributed by atoms with van der Waals surface area (Å²) in [6, 6.07) is 8.94. The molecule has 3 nitrogen and oxygen atoms in total. The minimum atomic E-state index is 0.229. The van der Waals surface area contributed by atoms with Gasteiger partial charge < -0.3 is 15.2 Å². The van der Waals surface area contributed by atoms with Crippen molar-refractivity contribution in [3.63, 3.8) is 0 Å². The zero-order valence-corrected chi connectivity index (χ0v) is 11.6. The summed E-state index contributed by atoms with van der Waals surface area (Å²) in [7, 11) is 1.71. The average molecular weight is 261 g/mol. The molecule has 0 atom stereocenters. The van der Waals surface area contributed by atoms with Crippen molar-refractivity contribution in [3.05, 3.63) is 29.8 Å². The molecule has 0 radical (unpaired) electrons. The molecule has 2 aliphatic rings. The van der Waals surface area contributed by atoms with E-state index < -0.39 is 0 Å². The molecule has 0 spiro atoms. The van der Waals surface area contributed by atoms with Crippen molar-refractivity contribution in [3.8, 4) is 5.75 Å². The van der Waals surface area contributed by atoms with Gasteiger partial charge in [-0.25, -0.2) is 0 Å². The Morgan fingerprint density at radius 3 is 2.21 bits per heavy atom. The molecule has 1 aliphatic heterocycles. The normalized spacial score (nSPS) is 29.6. The molecular weight excluding hydrogens is 238 g/mol. The van der Waals surface area contributed by atoms with Gasteiger partial charge in [0.05, 0.1) is 20.3 Å². The Morgan fingerprint density at radius 1 is 1.11 bits per heavy atom. The summed E-state index contributed by atoms with van der Waals surface area (Å²) in [6.45, 7) is 1.72. The van der Waals surface area contributed by atoms with E-state index in [1.54, 1.807) is 7.11 Å². The lowest BCUT2D eigenvalue weighted by Crippen LogP contribution is -2.53. The van der Waals surface area contributed by atoms with Gasteiger partial charge >= 0.3 is 0 Å². The fourth-order valence-electron chi connectivity index (χ4n) is 3.55. The summed E-state index contributed by atoms with van der Waals surface area (Å²) in [4.78, 5) is 0. The summed E-state index contributed by atoms with van der Waals surface area (Å²) in [5.41, 5.74) is 7.66. The van der Waals surface area contributed by atoms with E-state index in [1.165, 1.54) is 18.4 Å². The molecule has 1 heterocycles. The lowest BCUT2D eigenvalue weighted by Gasteiger charge is -2.49. The van der Waals surface area contributed by atoms with Crippen LogP contribution < -0.4 is 10.5 Å². The van der Waals surface area contributed by atoms with Gasteiger partial charge in [-0.3, -0.25) is 0 Å². The highest BCUT2D eigenvalue weighted by molar-refractivity contribution is 5.35. The van der Waals surface area contributed by atoms with Crippen LogP contribution in [0.2, 0.25) is 0 Å². The van der Waals surface area contributed by atoms with Gasteiger partial charge in [-0.1, -0.05) is 12.1 Å². The van der Waals surface area contributed by atoms with Crippen LogP contribution in [0.5, 0.6) is 5.75 Å². The number of rotatable bonds is 3. The van der Waals surface area contributed by atoms with Crippen LogP contribution in [0.25, 0.3) is 0 Å². The van der Waals surface area contributed by atoms with Crippen molar-refractivity contribution >= 4 is 0 Å². The molecule has 1 aromatic carbocycles. The van der Waals surface area contributed by atoms with Crippen molar-refractivity contribution in [2.45, 2.75) is 37.1 Å². The zero-order chi connectivity index (χ0) is 13.3. The largest absolute Gasteiger partial charge is 0.497 e. The monoisotopic (exact) mass is 261 g/mol. The van der Waals surface area contributed by atoms with Gasteiger partial charge in [0.15, 0.2) is 0 Å². The SMILES string of the molecule is COc1ccc(C2(C3CCC(N)CC3)COC2)cc1. The molecule has 2 fully saturated rings. The molecule has 3 heteroatoms. The van der Waals surface area contributed by atoms with Crippen molar-refractivity contribution < 1.29 is 9.47 Å². The van der Waals surface area contributed by atoms with Crippen LogP contribution in [0.15, 0.2) is 24.3 Å². The molecule has 0 bridgehead atoms. The molecule has 1 saturated carbocycles. The van der Waals surface area contributed by atoms with Gasteiger partial charge in [0, 0.05) is 11.5 Å². The highest BCUT2D eigenvalue weighted by atomic mass is 16.5. The first-order valence-electron chi connectivity index (χ1n) is 7.22. The number of methoxy groups -OCH3 is 1. The minimum absolute atomic E-state index is 0.229. The predicted molar refractivity (Wildman–Crippen MR) is 75.4 cm³/mol. The summed E-state index contributed by atoms with van der Waals surface area (Å²) >= 11 is 0. The molecule has 0 amide bonds. The summed E-state index contributed by atoms with van der Waals surface area (Å²) in [6.07, 6.45) is 4.78. The van der Waals surface area contributed by atoms with E-state index in [0.29, 0.717) is 6.04 Å². The van der Waals surface area contributed by atoms with E-state index in [1.807, 2.05) is 0 Å². The summed E-state index contributed by atoms with van der Waals surface area (Å²) in [5.74, 6) is 1.64.